The predicted molar refractivity (Wildman–Crippen MR) is 85.5 cm³/mol. The van der Waals surface area contributed by atoms with Gasteiger partial charge in [0.1, 0.15) is 12.1 Å². The molecule has 3 rings (SSSR count). The fourth-order valence-electron chi connectivity index (χ4n) is 2.80. The average Bonchev–Trinajstić information content (AvgIpc) is 2.54. The van der Waals surface area contributed by atoms with Gasteiger partial charge in [0.2, 0.25) is 11.0 Å². The molecule has 0 spiro atoms. The van der Waals surface area contributed by atoms with Crippen LogP contribution in [0.5, 0.6) is 5.75 Å². The van der Waals surface area contributed by atoms with Crippen LogP contribution >= 0.6 is 0 Å². The normalized spacial score (nSPS) is 11.1. The van der Waals surface area contributed by atoms with Crippen LogP contribution in [0.15, 0.2) is 42.5 Å². The van der Waals surface area contributed by atoms with Crippen molar-refractivity contribution >= 4 is 22.1 Å². The summed E-state index contributed by atoms with van der Waals surface area (Å²) >= 11 is 0. The fraction of sp³-hybridized carbons (Fsp3) is 0.333. The lowest BCUT2D eigenvalue weighted by atomic mass is 10.2. The summed E-state index contributed by atoms with van der Waals surface area (Å²) in [6.07, 6.45) is 3.65. The summed E-state index contributed by atoms with van der Waals surface area (Å²) in [5, 5.41) is 0. The Bertz CT molecular complexity index is 768. The summed E-state index contributed by atoms with van der Waals surface area (Å²) in [5.74, 6) is 0.836. The standard InChI is InChI=1S/C18H21N2O/c1-3-4-7-13-20-15-10-6-5-9-14(15)19-18-16(20)11-8-12-17(18)21-2/h5-6,8-12H,3-4,7,13H2,1-2H3/q+1. The van der Waals surface area contributed by atoms with Crippen LogP contribution in [0.1, 0.15) is 26.2 Å². The molecule has 0 aliphatic carbocycles. The SMILES string of the molecule is CCCCC[n+]1c2ccccc2nc2c(OC)cccc21. The number of hydrogen-bond acceptors (Lipinski definition) is 2. The number of aryl methyl sites for hydroxylation is 1. The van der Waals surface area contributed by atoms with Crippen molar-refractivity contribution in [2.75, 3.05) is 7.11 Å². The number of para-hydroxylation sites is 3. The molecule has 0 radical (unpaired) electrons. The first-order chi connectivity index (χ1) is 10.3. The molecule has 0 saturated heterocycles. The van der Waals surface area contributed by atoms with Gasteiger partial charge in [-0.2, -0.15) is 4.57 Å². The van der Waals surface area contributed by atoms with Gasteiger partial charge in [-0.1, -0.05) is 31.5 Å². The highest BCUT2D eigenvalue weighted by atomic mass is 16.5. The zero-order chi connectivity index (χ0) is 14.7. The topological polar surface area (TPSA) is 26.0 Å². The van der Waals surface area contributed by atoms with Crippen molar-refractivity contribution in [1.82, 2.24) is 4.98 Å². The van der Waals surface area contributed by atoms with Gasteiger partial charge in [0.25, 0.3) is 0 Å². The summed E-state index contributed by atoms with van der Waals surface area (Å²) in [5.41, 5.74) is 4.29. The van der Waals surface area contributed by atoms with Crippen molar-refractivity contribution in [3.8, 4) is 5.75 Å². The van der Waals surface area contributed by atoms with Gasteiger partial charge in [0.15, 0.2) is 11.3 Å². The highest BCUT2D eigenvalue weighted by Crippen LogP contribution is 2.23. The molecule has 0 amide bonds. The zero-order valence-corrected chi connectivity index (χ0v) is 12.7. The molecule has 3 nitrogen and oxygen atoms in total. The molecule has 0 saturated carbocycles. The van der Waals surface area contributed by atoms with Crippen molar-refractivity contribution in [3.05, 3.63) is 42.5 Å². The van der Waals surface area contributed by atoms with Crippen molar-refractivity contribution in [1.29, 1.82) is 0 Å². The number of hydrogen-bond donors (Lipinski definition) is 0. The monoisotopic (exact) mass is 281 g/mol. The first-order valence-electron chi connectivity index (χ1n) is 7.60. The molecular formula is C18H21N2O+. The van der Waals surface area contributed by atoms with E-state index in [9.17, 15) is 0 Å². The van der Waals surface area contributed by atoms with E-state index in [1.165, 1.54) is 24.8 Å². The third-order valence-corrected chi connectivity index (χ3v) is 3.88. The van der Waals surface area contributed by atoms with Gasteiger partial charge in [-0.05, 0) is 18.6 Å². The molecule has 108 valence electrons. The van der Waals surface area contributed by atoms with Crippen molar-refractivity contribution < 1.29 is 9.30 Å². The number of benzene rings is 2. The van der Waals surface area contributed by atoms with Gasteiger partial charge in [0.05, 0.1) is 7.11 Å². The molecule has 0 unspecified atom stereocenters. The molecule has 1 heterocycles. The molecule has 1 aromatic heterocycles. The predicted octanol–water partition coefficient (Wildman–Crippen LogP) is 3.87. The molecule has 0 atom stereocenters. The molecule has 3 aromatic rings. The lowest BCUT2D eigenvalue weighted by molar-refractivity contribution is -0.646. The Morgan fingerprint density at radius 2 is 1.81 bits per heavy atom. The number of rotatable bonds is 5. The van der Waals surface area contributed by atoms with Crippen LogP contribution in [-0.4, -0.2) is 12.1 Å². The van der Waals surface area contributed by atoms with Gasteiger partial charge in [0, 0.05) is 18.6 Å². The highest BCUT2D eigenvalue weighted by Gasteiger charge is 2.18. The van der Waals surface area contributed by atoms with Crippen LogP contribution in [0.2, 0.25) is 0 Å². The first kappa shape index (κ1) is 13.8. The first-order valence-corrected chi connectivity index (χ1v) is 7.60. The van der Waals surface area contributed by atoms with Gasteiger partial charge in [-0.25, -0.2) is 4.98 Å². The van der Waals surface area contributed by atoms with Crippen molar-refractivity contribution in [2.45, 2.75) is 32.7 Å². The Kier molecular flexibility index (Phi) is 4.00. The molecular weight excluding hydrogens is 260 g/mol. The summed E-state index contributed by atoms with van der Waals surface area (Å²) in [6, 6.07) is 14.5. The van der Waals surface area contributed by atoms with Crippen LogP contribution < -0.4 is 9.30 Å². The largest absolute Gasteiger partial charge is 0.494 e. The summed E-state index contributed by atoms with van der Waals surface area (Å²) in [4.78, 5) is 4.79. The van der Waals surface area contributed by atoms with Crippen LogP contribution in [0, 0.1) is 0 Å². The van der Waals surface area contributed by atoms with Crippen LogP contribution in [0.3, 0.4) is 0 Å². The second-order valence-electron chi connectivity index (χ2n) is 5.29. The van der Waals surface area contributed by atoms with E-state index in [2.05, 4.69) is 35.8 Å². The van der Waals surface area contributed by atoms with Crippen molar-refractivity contribution in [3.63, 3.8) is 0 Å². The van der Waals surface area contributed by atoms with E-state index in [0.717, 1.165) is 28.8 Å². The molecule has 0 N–H and O–H groups in total. The van der Waals surface area contributed by atoms with E-state index in [0.29, 0.717) is 0 Å². The number of ether oxygens (including phenoxy) is 1. The Morgan fingerprint density at radius 1 is 1.00 bits per heavy atom. The van der Waals surface area contributed by atoms with E-state index in [1.807, 2.05) is 18.2 Å². The maximum Gasteiger partial charge on any atom is 0.235 e. The minimum Gasteiger partial charge on any atom is -0.494 e. The molecule has 0 bridgehead atoms. The van der Waals surface area contributed by atoms with Gasteiger partial charge in [-0.3, -0.25) is 0 Å². The van der Waals surface area contributed by atoms with E-state index in [-0.39, 0.29) is 0 Å². The smallest absolute Gasteiger partial charge is 0.235 e. The van der Waals surface area contributed by atoms with E-state index in [1.54, 1.807) is 7.11 Å². The fourth-order valence-corrected chi connectivity index (χ4v) is 2.80. The van der Waals surface area contributed by atoms with Crippen LogP contribution in [0.25, 0.3) is 22.1 Å². The second-order valence-corrected chi connectivity index (χ2v) is 5.29. The third-order valence-electron chi connectivity index (χ3n) is 3.88. The molecule has 0 aliphatic heterocycles. The van der Waals surface area contributed by atoms with Crippen LogP contribution in [0.4, 0.5) is 0 Å². The number of unbranched alkanes of at least 4 members (excludes halogenated alkanes) is 2. The van der Waals surface area contributed by atoms with E-state index >= 15 is 0 Å². The summed E-state index contributed by atoms with van der Waals surface area (Å²) < 4.78 is 7.85. The van der Waals surface area contributed by atoms with Crippen molar-refractivity contribution in [2.24, 2.45) is 0 Å². The zero-order valence-electron chi connectivity index (χ0n) is 12.7. The Hall–Kier alpha value is -2.16. The van der Waals surface area contributed by atoms with E-state index < -0.39 is 0 Å². The molecule has 0 aliphatic rings. The van der Waals surface area contributed by atoms with Gasteiger partial charge >= 0.3 is 0 Å². The highest BCUT2D eigenvalue weighted by molar-refractivity contribution is 5.85. The number of nitrogens with zero attached hydrogens (tertiary/aromatic N) is 2. The van der Waals surface area contributed by atoms with E-state index in [4.69, 9.17) is 9.72 Å². The lowest BCUT2D eigenvalue weighted by Gasteiger charge is -2.07. The lowest BCUT2D eigenvalue weighted by Crippen LogP contribution is -2.36. The summed E-state index contributed by atoms with van der Waals surface area (Å²) in [6.45, 7) is 3.25. The molecule has 21 heavy (non-hydrogen) atoms. The number of methoxy groups -OCH3 is 1. The molecule has 3 heteroatoms. The van der Waals surface area contributed by atoms with Gasteiger partial charge < -0.3 is 4.74 Å². The minimum absolute atomic E-state index is 0.836. The quantitative estimate of drug-likeness (QED) is 0.403. The average molecular weight is 281 g/mol. The van der Waals surface area contributed by atoms with Crippen LogP contribution in [-0.2, 0) is 6.54 Å². The molecule has 0 fully saturated rings. The molecule has 2 aromatic carbocycles. The number of fused-ring (bicyclic) bond motifs is 2. The Morgan fingerprint density at radius 3 is 2.62 bits per heavy atom. The van der Waals surface area contributed by atoms with Gasteiger partial charge in [-0.15, -0.1) is 0 Å². The third kappa shape index (κ3) is 2.56. The maximum absolute atomic E-state index is 5.48. The summed E-state index contributed by atoms with van der Waals surface area (Å²) in [7, 11) is 1.70. The second kappa shape index (κ2) is 6.08. The maximum atomic E-state index is 5.48. The number of aromatic nitrogens is 2. The minimum atomic E-state index is 0.836. The Balaban J connectivity index is 2.26. The Labute approximate surface area is 125 Å².